The van der Waals surface area contributed by atoms with E-state index >= 15 is 0 Å². The van der Waals surface area contributed by atoms with Gasteiger partial charge in [-0.15, -0.1) is 0 Å². The maximum atomic E-state index is 11.3. The van der Waals surface area contributed by atoms with Crippen LogP contribution in [0.25, 0.3) is 0 Å². The number of carboxylic acids is 3. The number of hydrogen-bond donors (Lipinski definition) is 0. The molecule has 0 amide bonds. The van der Waals surface area contributed by atoms with E-state index in [1.807, 2.05) is 0 Å². The average molecular weight is 787 g/mol. The summed E-state index contributed by atoms with van der Waals surface area (Å²) in [6, 6.07) is 0. The minimum atomic E-state index is -1.09. The zero-order valence-corrected chi connectivity index (χ0v) is 40.4. The van der Waals surface area contributed by atoms with E-state index in [4.69, 9.17) is 0 Å². The quantitative estimate of drug-likeness (QED) is 0.0710. The zero-order chi connectivity index (χ0) is 43.5. The fourth-order valence-electron chi connectivity index (χ4n) is 9.54. The van der Waals surface area contributed by atoms with Gasteiger partial charge in [-0.25, -0.2) is 0 Å². The Balaban J connectivity index is -0.000000351. The second kappa shape index (κ2) is 27.7. The van der Waals surface area contributed by atoms with Crippen LogP contribution >= 0.6 is 0 Å². The van der Waals surface area contributed by atoms with Crippen molar-refractivity contribution in [3.05, 3.63) is 36.5 Å². The fraction of sp³-hybridized carbons (Fsp3) is 0.812. The molecule has 0 fully saturated rings. The number of carboxylic acid groups (broad SMARTS) is 3. The minimum Gasteiger partial charge on any atom is -0.545 e. The zero-order valence-electron chi connectivity index (χ0n) is 39.2. The van der Waals surface area contributed by atoms with Crippen molar-refractivity contribution in [2.45, 2.75) is 182 Å². The molecule has 0 spiro atoms. The van der Waals surface area contributed by atoms with Crippen LogP contribution in [0.1, 0.15) is 182 Å². The maximum Gasteiger partial charge on any atom is 3.00 e. The van der Waals surface area contributed by atoms with Gasteiger partial charge in [0.1, 0.15) is 0 Å². The summed E-state index contributed by atoms with van der Waals surface area (Å²) in [6.45, 7) is 49.9. The normalized spacial score (nSPS) is 12.3. The summed E-state index contributed by atoms with van der Waals surface area (Å²) in [7, 11) is 0. The van der Waals surface area contributed by atoms with Crippen LogP contribution in [0.2, 0.25) is 0 Å². The van der Waals surface area contributed by atoms with Crippen LogP contribution in [0.5, 0.6) is 0 Å². The SMILES string of the molecule is C=C(C(=O)[O-])C(CC(C)C)(CC(C)C)CC(C)C.C=C(C(=O)[O-])C(CC(C)C)(CC(C)C)CC(C)C.C=C(C(=O)[O-])C(CC(C)C)(CC(C)C)CC(C)C.[Al+3]. The van der Waals surface area contributed by atoms with E-state index in [9.17, 15) is 29.7 Å². The van der Waals surface area contributed by atoms with E-state index in [0.717, 1.165) is 57.8 Å². The molecule has 0 aromatic rings. The molecule has 0 aliphatic heterocycles. The van der Waals surface area contributed by atoms with E-state index in [2.05, 4.69) is 144 Å². The van der Waals surface area contributed by atoms with Crippen molar-refractivity contribution in [1.82, 2.24) is 0 Å². The smallest absolute Gasteiger partial charge is 0.545 e. The Labute approximate surface area is 352 Å². The van der Waals surface area contributed by atoms with E-state index in [1.54, 1.807) is 0 Å². The van der Waals surface area contributed by atoms with E-state index < -0.39 is 17.9 Å². The minimum absolute atomic E-state index is 0. The first-order valence-electron chi connectivity index (χ1n) is 21.0. The molecule has 0 aromatic carbocycles. The van der Waals surface area contributed by atoms with Gasteiger partial charge in [0, 0.05) is 0 Å². The van der Waals surface area contributed by atoms with Gasteiger partial charge in [0.25, 0.3) is 0 Å². The van der Waals surface area contributed by atoms with Gasteiger partial charge < -0.3 is 29.7 Å². The van der Waals surface area contributed by atoms with Gasteiger partial charge in [-0.2, -0.15) is 0 Å². The molecule has 0 heterocycles. The largest absolute Gasteiger partial charge is 3.00 e. The number of carbonyl (C=O) groups excluding carboxylic acids is 3. The predicted molar refractivity (Wildman–Crippen MR) is 231 cm³/mol. The third kappa shape index (κ3) is 24.5. The first-order chi connectivity index (χ1) is 24.3. The van der Waals surface area contributed by atoms with Crippen molar-refractivity contribution >= 4 is 35.3 Å². The first kappa shape index (κ1) is 59.8. The molecule has 0 bridgehead atoms. The summed E-state index contributed by atoms with van der Waals surface area (Å²) in [6.07, 6.45) is 7.84. The predicted octanol–water partition coefficient (Wildman–Crippen LogP) is 9.87. The molecular formula is C48H87AlO6. The van der Waals surface area contributed by atoms with Crippen LogP contribution in [-0.4, -0.2) is 35.3 Å². The Morgan fingerprint density at radius 2 is 0.418 bits per heavy atom. The van der Waals surface area contributed by atoms with Crippen molar-refractivity contribution in [1.29, 1.82) is 0 Å². The molecule has 0 unspecified atom stereocenters. The van der Waals surface area contributed by atoms with Crippen LogP contribution in [0.15, 0.2) is 36.5 Å². The summed E-state index contributed by atoms with van der Waals surface area (Å²) in [4.78, 5) is 33.8. The Morgan fingerprint density at radius 1 is 0.327 bits per heavy atom. The molecule has 0 aliphatic carbocycles. The molecule has 318 valence electrons. The van der Waals surface area contributed by atoms with Gasteiger partial charge in [0.2, 0.25) is 0 Å². The summed E-state index contributed by atoms with van der Waals surface area (Å²) in [5.74, 6) is 0.855. The molecule has 0 saturated heterocycles. The maximum absolute atomic E-state index is 11.3. The van der Waals surface area contributed by atoms with Gasteiger partial charge >= 0.3 is 17.4 Å². The van der Waals surface area contributed by atoms with Crippen LogP contribution in [-0.2, 0) is 14.4 Å². The van der Waals surface area contributed by atoms with Crippen molar-refractivity contribution in [2.75, 3.05) is 0 Å². The monoisotopic (exact) mass is 787 g/mol. The van der Waals surface area contributed by atoms with Crippen LogP contribution < -0.4 is 15.3 Å². The van der Waals surface area contributed by atoms with E-state index in [0.29, 0.717) is 70.0 Å². The number of carbonyl (C=O) groups is 3. The molecule has 0 N–H and O–H groups in total. The standard InChI is InChI=1S/3C16H30O2.Al/c3*1-11(2)8-16(9-12(3)4,10-13(5)6)14(7)15(17)18;/h3*11-13H,7-10H2,1-6H3,(H,17,18);/q;;;+3/p-3. The van der Waals surface area contributed by atoms with Crippen molar-refractivity contribution in [3.63, 3.8) is 0 Å². The number of rotatable bonds is 24. The molecule has 7 heteroatoms. The van der Waals surface area contributed by atoms with Crippen LogP contribution in [0, 0.1) is 69.5 Å². The number of hydrogen-bond acceptors (Lipinski definition) is 6. The van der Waals surface area contributed by atoms with Crippen molar-refractivity contribution < 1.29 is 29.7 Å². The Morgan fingerprint density at radius 3 is 0.473 bits per heavy atom. The molecule has 0 rings (SSSR count). The average Bonchev–Trinajstić information content (AvgIpc) is 2.92. The van der Waals surface area contributed by atoms with Gasteiger partial charge in [-0.1, -0.05) is 144 Å². The summed E-state index contributed by atoms with van der Waals surface area (Å²) >= 11 is 0. The first-order valence-corrected chi connectivity index (χ1v) is 21.0. The van der Waals surface area contributed by atoms with Gasteiger partial charge in [-0.3, -0.25) is 0 Å². The molecule has 0 aliphatic rings. The summed E-state index contributed by atoms with van der Waals surface area (Å²) in [5, 5.41) is 33.8. The third-order valence-corrected chi connectivity index (χ3v) is 9.85. The Bertz CT molecular complexity index is 933. The van der Waals surface area contributed by atoms with Crippen molar-refractivity contribution in [2.24, 2.45) is 69.5 Å². The van der Waals surface area contributed by atoms with E-state index in [-0.39, 0.29) is 33.6 Å². The summed E-state index contributed by atoms with van der Waals surface area (Å²) in [5.41, 5.74) is -0.0594. The molecule has 0 atom stereocenters. The molecule has 0 radical (unpaired) electrons. The third-order valence-electron chi connectivity index (χ3n) is 9.85. The molecule has 0 aromatic heterocycles. The Hall–Kier alpha value is -1.84. The molecule has 6 nitrogen and oxygen atoms in total. The van der Waals surface area contributed by atoms with Gasteiger partial charge in [-0.05, 0) is 144 Å². The van der Waals surface area contributed by atoms with Crippen LogP contribution in [0.4, 0.5) is 0 Å². The second-order valence-corrected chi connectivity index (χ2v) is 20.5. The van der Waals surface area contributed by atoms with Crippen molar-refractivity contribution in [3.8, 4) is 0 Å². The molecule has 55 heavy (non-hydrogen) atoms. The molecule has 0 saturated carbocycles. The van der Waals surface area contributed by atoms with Gasteiger partial charge in [0.15, 0.2) is 0 Å². The summed E-state index contributed by atoms with van der Waals surface area (Å²) < 4.78 is 0. The second-order valence-electron chi connectivity index (χ2n) is 20.5. The van der Waals surface area contributed by atoms with E-state index in [1.165, 1.54) is 0 Å². The fourth-order valence-corrected chi connectivity index (χ4v) is 9.54. The number of aliphatic carboxylic acids is 3. The van der Waals surface area contributed by atoms with Crippen LogP contribution in [0.3, 0.4) is 0 Å². The molecular weight excluding hydrogens is 700 g/mol. The topological polar surface area (TPSA) is 120 Å². The van der Waals surface area contributed by atoms with Gasteiger partial charge in [0.05, 0.1) is 17.9 Å². The Kier molecular flexibility index (Phi) is 30.2.